The third-order valence-electron chi connectivity index (χ3n) is 4.36. The van der Waals surface area contributed by atoms with E-state index in [2.05, 4.69) is 0 Å². The summed E-state index contributed by atoms with van der Waals surface area (Å²) in [7, 11) is 0. The van der Waals surface area contributed by atoms with Crippen LogP contribution in [0.1, 0.15) is 59.2 Å². The van der Waals surface area contributed by atoms with E-state index >= 15 is 0 Å². The van der Waals surface area contributed by atoms with Crippen molar-refractivity contribution in [3.63, 3.8) is 0 Å². The number of hydrogen-bond donors (Lipinski definition) is 1. The average Bonchev–Trinajstić information content (AvgIpc) is 2.63. The molecule has 0 fully saturated rings. The Hall–Kier alpha value is -2.56. The lowest BCUT2D eigenvalue weighted by Gasteiger charge is -2.06. The summed E-state index contributed by atoms with van der Waals surface area (Å²) in [5.74, 6) is -0.890. The van der Waals surface area contributed by atoms with E-state index < -0.39 is 17.7 Å². The van der Waals surface area contributed by atoms with Crippen molar-refractivity contribution in [3.05, 3.63) is 76.9 Å². The minimum absolute atomic E-state index is 0.372. The Morgan fingerprint density at radius 3 is 2.26 bits per heavy atom. The molecule has 0 radical (unpaired) electrons. The predicted octanol–water partition coefficient (Wildman–Crippen LogP) is 6.61. The van der Waals surface area contributed by atoms with Crippen LogP contribution in [0.4, 0.5) is 13.2 Å². The molecule has 1 N–H and O–H groups in total. The van der Waals surface area contributed by atoms with Gasteiger partial charge in [0.2, 0.25) is 0 Å². The fourth-order valence-corrected chi connectivity index (χ4v) is 2.88. The smallest absolute Gasteiger partial charge is 0.416 e. The van der Waals surface area contributed by atoms with Crippen LogP contribution in [0.3, 0.4) is 0 Å². The second kappa shape index (κ2) is 9.95. The van der Waals surface area contributed by atoms with E-state index in [9.17, 15) is 18.0 Å². The Bertz CT molecular complexity index is 762. The summed E-state index contributed by atoms with van der Waals surface area (Å²) in [5.41, 5.74) is 1.36. The summed E-state index contributed by atoms with van der Waals surface area (Å²) in [6, 6.07) is 12.2. The number of halogens is 3. The second-order valence-corrected chi connectivity index (χ2v) is 6.44. The van der Waals surface area contributed by atoms with Crippen molar-refractivity contribution in [2.24, 2.45) is 0 Å². The van der Waals surface area contributed by atoms with Crippen LogP contribution in [-0.2, 0) is 12.6 Å². The van der Waals surface area contributed by atoms with Gasteiger partial charge in [0.15, 0.2) is 0 Å². The number of hydrogen-bond acceptors (Lipinski definition) is 1. The van der Waals surface area contributed by atoms with E-state index in [1.165, 1.54) is 12.1 Å². The van der Waals surface area contributed by atoms with Gasteiger partial charge in [0.1, 0.15) is 0 Å². The Labute approximate surface area is 157 Å². The summed E-state index contributed by atoms with van der Waals surface area (Å²) in [6.07, 6.45) is 5.12. The fraction of sp³-hybridized carbons (Fsp3) is 0.318. The Morgan fingerprint density at radius 2 is 1.59 bits per heavy atom. The van der Waals surface area contributed by atoms with E-state index in [1.54, 1.807) is 12.1 Å². The van der Waals surface area contributed by atoms with Gasteiger partial charge >= 0.3 is 12.1 Å². The fourth-order valence-electron chi connectivity index (χ4n) is 2.88. The molecule has 144 valence electrons. The highest BCUT2D eigenvalue weighted by atomic mass is 19.4. The lowest BCUT2D eigenvalue weighted by atomic mass is 10.0. The number of carbonyl (C=O) groups is 1. The minimum Gasteiger partial charge on any atom is -0.478 e. The van der Waals surface area contributed by atoms with Gasteiger partial charge < -0.3 is 5.11 Å². The van der Waals surface area contributed by atoms with Gasteiger partial charge in [0.05, 0.1) is 11.1 Å². The molecule has 2 aromatic carbocycles. The number of benzene rings is 2. The first-order chi connectivity index (χ1) is 12.9. The maximum atomic E-state index is 12.5. The van der Waals surface area contributed by atoms with Crippen molar-refractivity contribution in [2.75, 3.05) is 0 Å². The minimum atomic E-state index is -4.30. The molecule has 2 rings (SSSR count). The van der Waals surface area contributed by atoms with Crippen molar-refractivity contribution in [1.29, 1.82) is 0 Å². The summed E-state index contributed by atoms with van der Waals surface area (Å²) < 4.78 is 37.5. The van der Waals surface area contributed by atoms with Crippen LogP contribution in [0.2, 0.25) is 0 Å². The Kier molecular flexibility index (Phi) is 7.65. The molecule has 2 nitrogen and oxygen atoms in total. The predicted molar refractivity (Wildman–Crippen MR) is 101 cm³/mol. The van der Waals surface area contributed by atoms with E-state index in [1.807, 2.05) is 24.3 Å². The number of unbranched alkanes of at least 4 members (excludes halogenated alkanes) is 4. The Balaban J connectivity index is 1.65. The summed E-state index contributed by atoms with van der Waals surface area (Å²) in [4.78, 5) is 11.2. The van der Waals surface area contributed by atoms with Gasteiger partial charge in [-0.2, -0.15) is 13.2 Å². The molecule has 2 aromatic rings. The van der Waals surface area contributed by atoms with Gasteiger partial charge in [-0.1, -0.05) is 55.3 Å². The molecule has 0 saturated carbocycles. The van der Waals surface area contributed by atoms with Crippen LogP contribution in [-0.4, -0.2) is 11.1 Å². The first-order valence-electron chi connectivity index (χ1n) is 9.03. The van der Waals surface area contributed by atoms with Gasteiger partial charge in [-0.05, 0) is 55.0 Å². The number of alkyl halides is 3. The molecule has 0 aliphatic rings. The molecule has 5 heteroatoms. The first-order valence-corrected chi connectivity index (χ1v) is 9.03. The molecule has 0 spiro atoms. The molecule has 0 heterocycles. The maximum Gasteiger partial charge on any atom is 0.416 e. The van der Waals surface area contributed by atoms with Gasteiger partial charge in [-0.25, -0.2) is 4.79 Å². The lowest BCUT2D eigenvalue weighted by molar-refractivity contribution is -0.137. The summed E-state index contributed by atoms with van der Waals surface area (Å²) in [5, 5.41) is 9.15. The highest BCUT2D eigenvalue weighted by Crippen LogP contribution is 2.29. The highest BCUT2D eigenvalue weighted by Gasteiger charge is 2.29. The largest absolute Gasteiger partial charge is 0.478 e. The SMILES string of the molecule is O=C(O)c1ccccc1CCCCCC/C=C\c1ccc(C(F)(F)F)cc1. The number of allylic oxidation sites excluding steroid dienone is 1. The molecule has 0 aliphatic carbocycles. The molecule has 0 amide bonds. The molecule has 0 aromatic heterocycles. The zero-order valence-corrected chi connectivity index (χ0v) is 15.0. The summed E-state index contributed by atoms with van der Waals surface area (Å²) >= 11 is 0. The number of aromatic carboxylic acids is 1. The number of carboxylic acid groups (broad SMARTS) is 1. The molecule has 27 heavy (non-hydrogen) atoms. The molecule has 0 bridgehead atoms. The van der Waals surface area contributed by atoms with E-state index in [0.717, 1.165) is 61.8 Å². The monoisotopic (exact) mass is 376 g/mol. The van der Waals surface area contributed by atoms with Crippen LogP contribution in [0.5, 0.6) is 0 Å². The maximum absolute atomic E-state index is 12.5. The van der Waals surface area contributed by atoms with Crippen molar-refractivity contribution < 1.29 is 23.1 Å². The van der Waals surface area contributed by atoms with Crippen molar-refractivity contribution >= 4 is 12.0 Å². The van der Waals surface area contributed by atoms with Gasteiger partial charge in [0.25, 0.3) is 0 Å². The zero-order chi connectivity index (χ0) is 19.7. The van der Waals surface area contributed by atoms with E-state index in [-0.39, 0.29) is 0 Å². The lowest BCUT2D eigenvalue weighted by Crippen LogP contribution is -2.03. The molecule has 0 aliphatic heterocycles. The van der Waals surface area contributed by atoms with Crippen LogP contribution in [0.15, 0.2) is 54.6 Å². The molecular weight excluding hydrogens is 353 g/mol. The average molecular weight is 376 g/mol. The van der Waals surface area contributed by atoms with Crippen LogP contribution >= 0.6 is 0 Å². The standard InChI is InChI=1S/C22H23F3O2/c23-22(24,25)19-15-13-17(14-16-19)9-5-3-1-2-4-6-10-18-11-7-8-12-20(18)21(26)27/h5,7-9,11-16H,1-4,6,10H2,(H,26,27)/b9-5-. The third kappa shape index (κ3) is 6.93. The van der Waals surface area contributed by atoms with Crippen LogP contribution in [0.25, 0.3) is 6.08 Å². The van der Waals surface area contributed by atoms with Crippen molar-refractivity contribution in [2.45, 2.75) is 44.7 Å². The second-order valence-electron chi connectivity index (χ2n) is 6.44. The van der Waals surface area contributed by atoms with Crippen molar-refractivity contribution in [3.8, 4) is 0 Å². The van der Waals surface area contributed by atoms with Gasteiger partial charge in [-0.3, -0.25) is 0 Å². The zero-order valence-electron chi connectivity index (χ0n) is 15.0. The van der Waals surface area contributed by atoms with Crippen LogP contribution < -0.4 is 0 Å². The van der Waals surface area contributed by atoms with Crippen LogP contribution in [0, 0.1) is 0 Å². The summed E-state index contributed by atoms with van der Waals surface area (Å²) in [6.45, 7) is 0. The number of carboxylic acids is 1. The first kappa shape index (κ1) is 20.7. The Morgan fingerprint density at radius 1 is 0.926 bits per heavy atom. The van der Waals surface area contributed by atoms with E-state index in [0.29, 0.717) is 5.56 Å². The highest BCUT2D eigenvalue weighted by molar-refractivity contribution is 5.89. The van der Waals surface area contributed by atoms with E-state index in [4.69, 9.17) is 5.11 Å². The number of rotatable bonds is 9. The molecular formula is C22H23F3O2. The topological polar surface area (TPSA) is 37.3 Å². The number of aryl methyl sites for hydroxylation is 1. The third-order valence-corrected chi connectivity index (χ3v) is 4.36. The van der Waals surface area contributed by atoms with Crippen molar-refractivity contribution in [1.82, 2.24) is 0 Å². The van der Waals surface area contributed by atoms with Gasteiger partial charge in [-0.15, -0.1) is 0 Å². The quantitative estimate of drug-likeness (QED) is 0.500. The van der Waals surface area contributed by atoms with Gasteiger partial charge in [0, 0.05) is 0 Å². The molecule has 0 atom stereocenters. The molecule has 0 unspecified atom stereocenters. The molecule has 0 saturated heterocycles. The normalized spacial score (nSPS) is 11.8.